The lowest BCUT2D eigenvalue weighted by molar-refractivity contribution is 0.202. The van der Waals surface area contributed by atoms with Gasteiger partial charge in [-0.05, 0) is 51.5 Å². The quantitative estimate of drug-likeness (QED) is 0.630. The minimum atomic E-state index is 0.412. The summed E-state index contributed by atoms with van der Waals surface area (Å²) in [4.78, 5) is 2.68. The average Bonchev–Trinajstić information content (AvgIpc) is 2.58. The van der Waals surface area contributed by atoms with E-state index in [0.717, 1.165) is 5.92 Å². The van der Waals surface area contributed by atoms with Crippen molar-refractivity contribution in [1.82, 2.24) is 4.90 Å². The van der Waals surface area contributed by atoms with Crippen LogP contribution in [0, 0.1) is 11.3 Å². The molecule has 2 unspecified atom stereocenters. The fraction of sp³-hybridized carbons (Fsp3) is 1.00. The van der Waals surface area contributed by atoms with Gasteiger partial charge in [0.2, 0.25) is 0 Å². The van der Waals surface area contributed by atoms with Gasteiger partial charge < -0.3 is 0 Å². The van der Waals surface area contributed by atoms with Crippen LogP contribution < -0.4 is 0 Å². The van der Waals surface area contributed by atoms with E-state index >= 15 is 0 Å². The van der Waals surface area contributed by atoms with Gasteiger partial charge in [-0.2, -0.15) is 0 Å². The molecule has 1 aliphatic heterocycles. The van der Waals surface area contributed by atoms with Gasteiger partial charge in [0.1, 0.15) is 0 Å². The van der Waals surface area contributed by atoms with Gasteiger partial charge in [-0.15, -0.1) is 0 Å². The van der Waals surface area contributed by atoms with Crippen molar-refractivity contribution in [2.75, 3.05) is 6.54 Å². The Morgan fingerprint density at radius 1 is 1.12 bits per heavy atom. The standard InChI is InChI=1S/C15H31N/c1-9-15(8)14(6,7)16(15)11-10-13(4,5)12(2)3/h12H,9-11H2,1-8H3. The third kappa shape index (κ3) is 2.03. The van der Waals surface area contributed by atoms with E-state index < -0.39 is 0 Å². The lowest BCUT2D eigenvalue weighted by atomic mass is 9.78. The lowest BCUT2D eigenvalue weighted by Crippen LogP contribution is -2.25. The minimum absolute atomic E-state index is 0.412. The first kappa shape index (κ1) is 14.0. The minimum Gasteiger partial charge on any atom is -0.289 e. The molecular weight excluding hydrogens is 194 g/mol. The van der Waals surface area contributed by atoms with E-state index in [1.54, 1.807) is 0 Å². The first-order valence-corrected chi connectivity index (χ1v) is 6.87. The molecule has 1 heterocycles. The van der Waals surface area contributed by atoms with Crippen LogP contribution in [0.2, 0.25) is 0 Å². The summed E-state index contributed by atoms with van der Waals surface area (Å²) >= 11 is 0. The van der Waals surface area contributed by atoms with Crippen LogP contribution in [0.3, 0.4) is 0 Å². The zero-order chi connectivity index (χ0) is 12.8. The van der Waals surface area contributed by atoms with Gasteiger partial charge in [-0.1, -0.05) is 34.6 Å². The van der Waals surface area contributed by atoms with Gasteiger partial charge in [-0.25, -0.2) is 0 Å². The fourth-order valence-corrected chi connectivity index (χ4v) is 2.76. The predicted octanol–water partition coefficient (Wildman–Crippen LogP) is 4.32. The molecule has 0 aliphatic carbocycles. The molecule has 1 rings (SSSR count). The highest BCUT2D eigenvalue weighted by Crippen LogP contribution is 2.53. The average molecular weight is 225 g/mol. The lowest BCUT2D eigenvalue weighted by Gasteiger charge is -2.30. The normalized spacial score (nSPS) is 33.2. The molecule has 1 heteroatoms. The molecule has 0 saturated carbocycles. The Bertz CT molecular complexity index is 252. The van der Waals surface area contributed by atoms with Crippen LogP contribution >= 0.6 is 0 Å². The molecule has 0 spiro atoms. The van der Waals surface area contributed by atoms with E-state index in [9.17, 15) is 0 Å². The van der Waals surface area contributed by atoms with Crippen LogP contribution in [0.15, 0.2) is 0 Å². The van der Waals surface area contributed by atoms with Gasteiger partial charge in [0.15, 0.2) is 0 Å². The van der Waals surface area contributed by atoms with Crippen molar-refractivity contribution < 1.29 is 0 Å². The summed E-state index contributed by atoms with van der Waals surface area (Å²) in [5.41, 5.74) is 1.32. The number of hydrogen-bond acceptors (Lipinski definition) is 1. The van der Waals surface area contributed by atoms with Crippen molar-refractivity contribution in [2.24, 2.45) is 11.3 Å². The molecule has 1 fully saturated rings. The van der Waals surface area contributed by atoms with Crippen LogP contribution in [0.25, 0.3) is 0 Å². The van der Waals surface area contributed by atoms with Crippen molar-refractivity contribution in [3.05, 3.63) is 0 Å². The van der Waals surface area contributed by atoms with E-state index in [0.29, 0.717) is 16.5 Å². The number of hydrogen-bond donors (Lipinski definition) is 0. The Morgan fingerprint density at radius 2 is 1.62 bits per heavy atom. The second kappa shape index (κ2) is 4.01. The van der Waals surface area contributed by atoms with Crippen LogP contribution in [-0.2, 0) is 0 Å². The second-order valence-electron chi connectivity index (χ2n) is 7.23. The van der Waals surface area contributed by atoms with Gasteiger partial charge >= 0.3 is 0 Å². The maximum atomic E-state index is 2.68. The van der Waals surface area contributed by atoms with Crippen molar-refractivity contribution in [3.63, 3.8) is 0 Å². The smallest absolute Gasteiger partial charge is 0.0363 e. The van der Waals surface area contributed by atoms with Crippen molar-refractivity contribution >= 4 is 0 Å². The maximum absolute atomic E-state index is 2.68. The van der Waals surface area contributed by atoms with E-state index in [1.165, 1.54) is 19.4 Å². The summed E-state index contributed by atoms with van der Waals surface area (Å²) in [5, 5.41) is 0. The zero-order valence-corrected chi connectivity index (χ0v) is 12.6. The highest BCUT2D eigenvalue weighted by atomic mass is 15.4. The van der Waals surface area contributed by atoms with Gasteiger partial charge in [0, 0.05) is 11.1 Å². The molecule has 0 bridgehead atoms. The van der Waals surface area contributed by atoms with Crippen molar-refractivity contribution in [2.45, 2.75) is 79.3 Å². The fourth-order valence-electron chi connectivity index (χ4n) is 2.76. The molecule has 1 aliphatic rings. The third-order valence-corrected chi connectivity index (χ3v) is 5.77. The zero-order valence-electron chi connectivity index (χ0n) is 12.6. The summed E-state index contributed by atoms with van der Waals surface area (Å²) < 4.78 is 0. The maximum Gasteiger partial charge on any atom is 0.0363 e. The summed E-state index contributed by atoms with van der Waals surface area (Å²) in [6.07, 6.45) is 2.58. The molecule has 1 saturated heterocycles. The molecule has 0 aromatic rings. The van der Waals surface area contributed by atoms with E-state index in [2.05, 4.69) is 60.3 Å². The second-order valence-corrected chi connectivity index (χ2v) is 7.23. The summed E-state index contributed by atoms with van der Waals surface area (Å²) in [5.74, 6) is 0.767. The SMILES string of the molecule is CCC1(C)N(CCC(C)(C)C(C)C)C1(C)C. The van der Waals surface area contributed by atoms with Crippen molar-refractivity contribution in [3.8, 4) is 0 Å². The number of nitrogens with zero attached hydrogens (tertiary/aromatic N) is 1. The molecule has 0 aromatic heterocycles. The molecule has 2 atom stereocenters. The van der Waals surface area contributed by atoms with Gasteiger partial charge in [-0.3, -0.25) is 4.90 Å². The molecule has 0 amide bonds. The van der Waals surface area contributed by atoms with Crippen LogP contribution in [0.5, 0.6) is 0 Å². The Labute approximate surface area is 103 Å². The van der Waals surface area contributed by atoms with Crippen LogP contribution in [0.1, 0.15) is 68.2 Å². The van der Waals surface area contributed by atoms with Gasteiger partial charge in [0.05, 0.1) is 0 Å². The molecule has 0 N–H and O–H groups in total. The summed E-state index contributed by atoms with van der Waals surface area (Å²) in [7, 11) is 0. The Balaban J connectivity index is 2.54. The molecule has 1 nitrogen and oxygen atoms in total. The largest absolute Gasteiger partial charge is 0.289 e. The topological polar surface area (TPSA) is 3.01 Å². The number of rotatable bonds is 5. The van der Waals surface area contributed by atoms with E-state index in [-0.39, 0.29) is 0 Å². The van der Waals surface area contributed by atoms with E-state index in [4.69, 9.17) is 0 Å². The third-order valence-electron chi connectivity index (χ3n) is 5.77. The Morgan fingerprint density at radius 3 is 1.94 bits per heavy atom. The summed E-state index contributed by atoms with van der Waals surface area (Å²) in [6.45, 7) is 20.2. The Kier molecular flexibility index (Phi) is 3.52. The predicted molar refractivity (Wildman–Crippen MR) is 72.7 cm³/mol. The first-order valence-electron chi connectivity index (χ1n) is 6.87. The monoisotopic (exact) mass is 225 g/mol. The molecule has 16 heavy (non-hydrogen) atoms. The molecule has 96 valence electrons. The van der Waals surface area contributed by atoms with Crippen LogP contribution in [-0.4, -0.2) is 22.5 Å². The molecular formula is C15H31N. The summed E-state index contributed by atoms with van der Waals surface area (Å²) in [6, 6.07) is 0. The van der Waals surface area contributed by atoms with Crippen molar-refractivity contribution in [1.29, 1.82) is 0 Å². The first-order chi connectivity index (χ1) is 7.09. The molecule has 0 aromatic carbocycles. The molecule has 0 radical (unpaired) electrons. The van der Waals surface area contributed by atoms with E-state index in [1.807, 2.05) is 0 Å². The Hall–Kier alpha value is -0.0400. The van der Waals surface area contributed by atoms with Gasteiger partial charge in [0.25, 0.3) is 0 Å². The highest BCUT2D eigenvalue weighted by Gasteiger charge is 2.64. The van der Waals surface area contributed by atoms with Crippen LogP contribution in [0.4, 0.5) is 0 Å². The highest BCUT2D eigenvalue weighted by molar-refractivity contribution is 5.21.